The van der Waals surface area contributed by atoms with Crippen LogP contribution in [0.15, 0.2) is 35.9 Å². The van der Waals surface area contributed by atoms with Crippen molar-refractivity contribution in [2.75, 3.05) is 26.2 Å². The lowest BCUT2D eigenvalue weighted by atomic mass is 10.2. The second-order valence-corrected chi connectivity index (χ2v) is 5.13. The highest BCUT2D eigenvalue weighted by molar-refractivity contribution is 5.40. The van der Waals surface area contributed by atoms with E-state index in [9.17, 15) is 0 Å². The second kappa shape index (κ2) is 6.62. The third-order valence-corrected chi connectivity index (χ3v) is 3.23. The molecule has 1 aromatic rings. The summed E-state index contributed by atoms with van der Waals surface area (Å²) in [5.74, 6) is 1.71. The average molecular weight is 261 g/mol. The van der Waals surface area contributed by atoms with Crippen molar-refractivity contribution in [3.63, 3.8) is 0 Å². The zero-order chi connectivity index (χ0) is 13.7. The van der Waals surface area contributed by atoms with Crippen LogP contribution in [0.1, 0.15) is 20.8 Å². The lowest BCUT2D eigenvalue weighted by Crippen LogP contribution is -2.41. The maximum absolute atomic E-state index is 5.98. The minimum atomic E-state index is 0.111. The van der Waals surface area contributed by atoms with Crippen molar-refractivity contribution in [3.8, 4) is 11.5 Å². The van der Waals surface area contributed by atoms with Crippen molar-refractivity contribution in [1.29, 1.82) is 0 Å². The molecule has 0 fully saturated rings. The predicted molar refractivity (Wildman–Crippen MR) is 77.9 cm³/mol. The maximum Gasteiger partial charge on any atom is 0.161 e. The molecule has 1 atom stereocenters. The first-order chi connectivity index (χ1) is 9.19. The number of para-hydroxylation sites is 2. The Labute approximate surface area is 115 Å². The summed E-state index contributed by atoms with van der Waals surface area (Å²) in [5, 5.41) is 0. The van der Waals surface area contributed by atoms with Gasteiger partial charge in [0.05, 0.1) is 0 Å². The number of fused-ring (bicyclic) bond motifs is 1. The SMILES string of the molecule is CCN(CC=C(C)C)C[C@H]1COc2ccccc2O1. The van der Waals surface area contributed by atoms with Gasteiger partial charge in [-0.25, -0.2) is 0 Å². The van der Waals surface area contributed by atoms with Crippen molar-refractivity contribution in [2.45, 2.75) is 26.9 Å². The number of ether oxygens (including phenoxy) is 2. The van der Waals surface area contributed by atoms with Crippen LogP contribution in [0.25, 0.3) is 0 Å². The van der Waals surface area contributed by atoms with Gasteiger partial charge in [-0.1, -0.05) is 30.7 Å². The molecule has 104 valence electrons. The van der Waals surface area contributed by atoms with Crippen LogP contribution in [-0.2, 0) is 0 Å². The van der Waals surface area contributed by atoms with E-state index in [4.69, 9.17) is 9.47 Å². The van der Waals surface area contributed by atoms with Crippen LogP contribution in [-0.4, -0.2) is 37.2 Å². The minimum Gasteiger partial charge on any atom is -0.486 e. The molecule has 0 saturated carbocycles. The van der Waals surface area contributed by atoms with Crippen molar-refractivity contribution in [2.24, 2.45) is 0 Å². The van der Waals surface area contributed by atoms with Crippen LogP contribution < -0.4 is 9.47 Å². The summed E-state index contributed by atoms with van der Waals surface area (Å²) in [5.41, 5.74) is 1.35. The van der Waals surface area contributed by atoms with Crippen LogP contribution >= 0.6 is 0 Å². The highest BCUT2D eigenvalue weighted by Gasteiger charge is 2.22. The van der Waals surface area contributed by atoms with E-state index in [1.54, 1.807) is 0 Å². The number of allylic oxidation sites excluding steroid dienone is 1. The number of likely N-dealkylation sites (N-methyl/N-ethyl adjacent to an activating group) is 1. The Morgan fingerprint density at radius 2 is 2.05 bits per heavy atom. The average Bonchev–Trinajstić information content (AvgIpc) is 2.43. The second-order valence-electron chi connectivity index (χ2n) is 5.13. The zero-order valence-electron chi connectivity index (χ0n) is 12.1. The first kappa shape index (κ1) is 13.9. The molecule has 0 aromatic heterocycles. The molecule has 3 heteroatoms. The van der Waals surface area contributed by atoms with E-state index in [-0.39, 0.29) is 6.10 Å². The Morgan fingerprint density at radius 3 is 2.74 bits per heavy atom. The molecule has 1 aliphatic rings. The summed E-state index contributed by atoms with van der Waals surface area (Å²) in [4.78, 5) is 2.37. The van der Waals surface area contributed by atoms with E-state index >= 15 is 0 Å². The fraction of sp³-hybridized carbons (Fsp3) is 0.500. The minimum absolute atomic E-state index is 0.111. The molecule has 0 bridgehead atoms. The number of benzene rings is 1. The fourth-order valence-corrected chi connectivity index (χ4v) is 2.09. The number of hydrogen-bond acceptors (Lipinski definition) is 3. The Hall–Kier alpha value is -1.48. The van der Waals surface area contributed by atoms with Gasteiger partial charge >= 0.3 is 0 Å². The van der Waals surface area contributed by atoms with E-state index < -0.39 is 0 Å². The monoisotopic (exact) mass is 261 g/mol. The van der Waals surface area contributed by atoms with Crippen molar-refractivity contribution < 1.29 is 9.47 Å². The summed E-state index contributed by atoms with van der Waals surface area (Å²) in [6.45, 7) is 9.95. The molecular formula is C16H23NO2. The smallest absolute Gasteiger partial charge is 0.161 e. The Balaban J connectivity index is 1.92. The number of nitrogens with zero attached hydrogens (tertiary/aromatic N) is 1. The molecule has 1 heterocycles. The van der Waals surface area contributed by atoms with Gasteiger partial charge in [0.2, 0.25) is 0 Å². The molecule has 3 nitrogen and oxygen atoms in total. The molecule has 0 unspecified atom stereocenters. The van der Waals surface area contributed by atoms with Gasteiger partial charge in [-0.3, -0.25) is 4.90 Å². The lowest BCUT2D eigenvalue weighted by molar-refractivity contribution is 0.0631. The molecule has 0 amide bonds. The van der Waals surface area contributed by atoms with Gasteiger partial charge in [-0.05, 0) is 32.5 Å². The summed E-state index contributed by atoms with van der Waals surface area (Å²) >= 11 is 0. The van der Waals surface area contributed by atoms with E-state index in [0.29, 0.717) is 6.61 Å². The van der Waals surface area contributed by atoms with Gasteiger partial charge in [0.1, 0.15) is 12.7 Å². The molecule has 1 aliphatic heterocycles. The van der Waals surface area contributed by atoms with Gasteiger partial charge in [-0.15, -0.1) is 0 Å². The van der Waals surface area contributed by atoms with Crippen molar-refractivity contribution in [1.82, 2.24) is 4.90 Å². The van der Waals surface area contributed by atoms with E-state index in [1.807, 2.05) is 24.3 Å². The highest BCUT2D eigenvalue weighted by atomic mass is 16.6. The highest BCUT2D eigenvalue weighted by Crippen LogP contribution is 2.30. The predicted octanol–water partition coefficient (Wildman–Crippen LogP) is 3.11. The fourth-order valence-electron chi connectivity index (χ4n) is 2.09. The first-order valence-corrected chi connectivity index (χ1v) is 6.93. The first-order valence-electron chi connectivity index (χ1n) is 6.93. The summed E-state index contributed by atoms with van der Waals surface area (Å²) in [7, 11) is 0. The van der Waals surface area contributed by atoms with Gasteiger partial charge in [0.15, 0.2) is 11.5 Å². The molecule has 2 rings (SSSR count). The molecule has 0 aliphatic carbocycles. The van der Waals surface area contributed by atoms with E-state index in [1.165, 1.54) is 5.57 Å². The molecule has 0 radical (unpaired) electrons. The van der Waals surface area contributed by atoms with Crippen LogP contribution in [0.5, 0.6) is 11.5 Å². The van der Waals surface area contributed by atoms with Crippen molar-refractivity contribution >= 4 is 0 Å². The van der Waals surface area contributed by atoms with Gasteiger partial charge < -0.3 is 9.47 Å². The largest absolute Gasteiger partial charge is 0.486 e. The molecule has 0 spiro atoms. The number of hydrogen-bond donors (Lipinski definition) is 0. The standard InChI is InChI=1S/C16H23NO2/c1-4-17(10-9-13(2)3)11-14-12-18-15-7-5-6-8-16(15)19-14/h5-9,14H,4,10-12H2,1-3H3/t14-/m0/s1. The van der Waals surface area contributed by atoms with Crippen LogP contribution in [0, 0.1) is 0 Å². The summed E-state index contributed by atoms with van der Waals surface area (Å²) < 4.78 is 11.7. The Morgan fingerprint density at radius 1 is 1.32 bits per heavy atom. The molecule has 0 N–H and O–H groups in total. The topological polar surface area (TPSA) is 21.7 Å². The van der Waals surface area contributed by atoms with Crippen molar-refractivity contribution in [3.05, 3.63) is 35.9 Å². The Bertz CT molecular complexity index is 438. The number of rotatable bonds is 5. The van der Waals surface area contributed by atoms with Crippen LogP contribution in [0.2, 0.25) is 0 Å². The maximum atomic E-state index is 5.98. The van der Waals surface area contributed by atoms with Crippen LogP contribution in [0.4, 0.5) is 0 Å². The van der Waals surface area contributed by atoms with Gasteiger partial charge in [0, 0.05) is 13.1 Å². The van der Waals surface area contributed by atoms with Crippen LogP contribution in [0.3, 0.4) is 0 Å². The Kier molecular flexibility index (Phi) is 4.86. The molecular weight excluding hydrogens is 238 g/mol. The lowest BCUT2D eigenvalue weighted by Gasteiger charge is -2.30. The van der Waals surface area contributed by atoms with E-state index in [0.717, 1.165) is 31.1 Å². The summed E-state index contributed by atoms with van der Waals surface area (Å²) in [6, 6.07) is 7.86. The normalized spacial score (nSPS) is 17.4. The van der Waals surface area contributed by atoms with E-state index in [2.05, 4.69) is 31.7 Å². The molecule has 0 saturated heterocycles. The van der Waals surface area contributed by atoms with Gasteiger partial charge in [-0.2, -0.15) is 0 Å². The zero-order valence-corrected chi connectivity index (χ0v) is 12.1. The molecule has 1 aromatic carbocycles. The molecule has 19 heavy (non-hydrogen) atoms. The third-order valence-electron chi connectivity index (χ3n) is 3.23. The van der Waals surface area contributed by atoms with Gasteiger partial charge in [0.25, 0.3) is 0 Å². The summed E-state index contributed by atoms with van der Waals surface area (Å²) in [6.07, 6.45) is 2.36. The third kappa shape index (κ3) is 4.00. The quantitative estimate of drug-likeness (QED) is 0.760.